The lowest BCUT2D eigenvalue weighted by molar-refractivity contribution is 0.323. The summed E-state index contributed by atoms with van der Waals surface area (Å²) in [5.74, 6) is 0.409. The Hall–Kier alpha value is -0.900. The van der Waals surface area contributed by atoms with Gasteiger partial charge in [0.1, 0.15) is 11.3 Å². The molecule has 1 aliphatic rings. The maximum absolute atomic E-state index is 13.2. The van der Waals surface area contributed by atoms with Crippen LogP contribution < -0.4 is 5.32 Å². The van der Waals surface area contributed by atoms with Crippen LogP contribution in [0.25, 0.3) is 0 Å². The van der Waals surface area contributed by atoms with Gasteiger partial charge in [0.05, 0.1) is 6.04 Å². The minimum atomic E-state index is -0.794. The Morgan fingerprint density at radius 1 is 1.50 bits per heavy atom. The van der Waals surface area contributed by atoms with Crippen LogP contribution in [-0.4, -0.2) is 22.2 Å². The Labute approximate surface area is 86.7 Å². The summed E-state index contributed by atoms with van der Waals surface area (Å²) in [4.78, 5) is 7.91. The average molecular weight is 216 g/mol. The second kappa shape index (κ2) is 4.09. The number of hydrogen-bond acceptors (Lipinski definition) is 3. The van der Waals surface area contributed by atoms with Gasteiger partial charge in [0, 0.05) is 6.20 Å². The van der Waals surface area contributed by atoms with Gasteiger partial charge in [-0.1, -0.05) is 11.6 Å². The highest BCUT2D eigenvalue weighted by molar-refractivity contribution is 6.29. The summed E-state index contributed by atoms with van der Waals surface area (Å²) in [7, 11) is 0. The Bertz CT molecular complexity index is 321. The zero-order chi connectivity index (χ0) is 9.97. The van der Waals surface area contributed by atoms with Crippen LogP contribution in [0.4, 0.5) is 10.3 Å². The number of nitrogens with zero attached hydrogens (tertiary/aromatic N) is 2. The predicted octanol–water partition coefficient (Wildman–Crippen LogP) is 2.43. The monoisotopic (exact) mass is 215 g/mol. The van der Waals surface area contributed by atoms with E-state index in [9.17, 15) is 4.39 Å². The first kappa shape index (κ1) is 9.65. The molecule has 76 valence electrons. The molecule has 14 heavy (non-hydrogen) atoms. The zero-order valence-electron chi connectivity index (χ0n) is 7.58. The molecule has 1 saturated carbocycles. The van der Waals surface area contributed by atoms with Gasteiger partial charge in [-0.3, -0.25) is 0 Å². The van der Waals surface area contributed by atoms with Crippen LogP contribution in [0.2, 0.25) is 5.15 Å². The molecule has 1 aromatic heterocycles. The van der Waals surface area contributed by atoms with E-state index < -0.39 is 6.17 Å². The zero-order valence-corrected chi connectivity index (χ0v) is 8.34. The van der Waals surface area contributed by atoms with Crippen molar-refractivity contribution in [1.82, 2.24) is 9.97 Å². The van der Waals surface area contributed by atoms with Crippen molar-refractivity contribution in [2.45, 2.75) is 31.5 Å². The minimum absolute atomic E-state index is 0.159. The van der Waals surface area contributed by atoms with E-state index in [4.69, 9.17) is 11.6 Å². The van der Waals surface area contributed by atoms with E-state index >= 15 is 0 Å². The standard InChI is InChI=1S/C9H11ClFN3/c10-8-4-5-12-9(14-8)13-7-3-1-2-6(7)11/h4-7H,1-3H2,(H,12,13,14)/t6-,7-/m1/s1. The summed E-state index contributed by atoms with van der Waals surface area (Å²) in [6.45, 7) is 0. The second-order valence-electron chi connectivity index (χ2n) is 3.40. The SMILES string of the molecule is F[C@@H]1CCC[C@H]1Nc1nccc(Cl)n1. The molecular formula is C9H11ClFN3. The minimum Gasteiger partial charge on any atom is -0.349 e. The molecular weight excluding hydrogens is 205 g/mol. The van der Waals surface area contributed by atoms with Crippen LogP contribution in [0.15, 0.2) is 12.3 Å². The second-order valence-corrected chi connectivity index (χ2v) is 3.79. The first-order chi connectivity index (χ1) is 6.75. The molecule has 0 aliphatic heterocycles. The van der Waals surface area contributed by atoms with Gasteiger partial charge in [0.2, 0.25) is 5.95 Å². The smallest absolute Gasteiger partial charge is 0.224 e. The number of alkyl halides is 1. The fourth-order valence-corrected chi connectivity index (χ4v) is 1.79. The average Bonchev–Trinajstić information content (AvgIpc) is 2.52. The van der Waals surface area contributed by atoms with Crippen molar-refractivity contribution >= 4 is 17.5 Å². The maximum Gasteiger partial charge on any atom is 0.224 e. The van der Waals surface area contributed by atoms with Gasteiger partial charge in [0.25, 0.3) is 0 Å². The van der Waals surface area contributed by atoms with Gasteiger partial charge in [-0.05, 0) is 25.3 Å². The van der Waals surface area contributed by atoms with Crippen molar-refractivity contribution in [2.24, 2.45) is 0 Å². The van der Waals surface area contributed by atoms with Crippen molar-refractivity contribution in [2.75, 3.05) is 5.32 Å². The molecule has 0 saturated heterocycles. The lowest BCUT2D eigenvalue weighted by Gasteiger charge is -2.14. The molecule has 1 aromatic rings. The quantitative estimate of drug-likeness (QED) is 0.770. The molecule has 5 heteroatoms. The van der Waals surface area contributed by atoms with E-state index in [-0.39, 0.29) is 6.04 Å². The van der Waals surface area contributed by atoms with E-state index in [1.54, 1.807) is 12.3 Å². The van der Waals surface area contributed by atoms with Crippen molar-refractivity contribution in [3.63, 3.8) is 0 Å². The normalized spacial score (nSPS) is 26.4. The van der Waals surface area contributed by atoms with Crippen molar-refractivity contribution in [3.8, 4) is 0 Å². The van der Waals surface area contributed by atoms with Gasteiger partial charge in [-0.15, -0.1) is 0 Å². The third kappa shape index (κ3) is 2.12. The molecule has 0 radical (unpaired) electrons. The fraction of sp³-hybridized carbons (Fsp3) is 0.556. The predicted molar refractivity (Wildman–Crippen MR) is 53.2 cm³/mol. The lowest BCUT2D eigenvalue weighted by atomic mass is 10.2. The van der Waals surface area contributed by atoms with Crippen LogP contribution in [-0.2, 0) is 0 Å². The van der Waals surface area contributed by atoms with E-state index in [0.29, 0.717) is 17.5 Å². The van der Waals surface area contributed by atoms with Crippen LogP contribution in [0.3, 0.4) is 0 Å². The topological polar surface area (TPSA) is 37.8 Å². The number of hydrogen-bond donors (Lipinski definition) is 1. The molecule has 2 rings (SSSR count). The summed E-state index contributed by atoms with van der Waals surface area (Å²) in [6, 6.07) is 1.43. The Morgan fingerprint density at radius 3 is 3.00 bits per heavy atom. The summed E-state index contributed by atoms with van der Waals surface area (Å²) in [5.41, 5.74) is 0. The molecule has 1 fully saturated rings. The van der Waals surface area contributed by atoms with Crippen molar-refractivity contribution in [1.29, 1.82) is 0 Å². The highest BCUT2D eigenvalue weighted by Crippen LogP contribution is 2.24. The van der Waals surface area contributed by atoms with Crippen LogP contribution >= 0.6 is 11.6 Å². The van der Waals surface area contributed by atoms with Gasteiger partial charge < -0.3 is 5.32 Å². The fourth-order valence-electron chi connectivity index (χ4n) is 1.65. The molecule has 0 spiro atoms. The van der Waals surface area contributed by atoms with Crippen molar-refractivity contribution in [3.05, 3.63) is 17.4 Å². The first-order valence-corrected chi connectivity index (χ1v) is 5.02. The first-order valence-electron chi connectivity index (χ1n) is 4.65. The summed E-state index contributed by atoms with van der Waals surface area (Å²) >= 11 is 5.68. The van der Waals surface area contributed by atoms with Gasteiger partial charge in [-0.25, -0.2) is 14.4 Å². The molecule has 1 aliphatic carbocycles. The molecule has 0 unspecified atom stereocenters. The Balaban J connectivity index is 2.03. The maximum atomic E-state index is 13.2. The van der Waals surface area contributed by atoms with Crippen LogP contribution in [0, 0.1) is 0 Å². The molecule has 3 nitrogen and oxygen atoms in total. The number of nitrogens with one attached hydrogen (secondary N) is 1. The Morgan fingerprint density at radius 2 is 2.36 bits per heavy atom. The summed E-state index contributed by atoms with van der Waals surface area (Å²) < 4.78 is 13.2. The van der Waals surface area contributed by atoms with Gasteiger partial charge in [-0.2, -0.15) is 0 Å². The van der Waals surface area contributed by atoms with E-state index in [2.05, 4.69) is 15.3 Å². The third-order valence-corrected chi connectivity index (χ3v) is 2.58. The highest BCUT2D eigenvalue weighted by Gasteiger charge is 2.27. The third-order valence-electron chi connectivity index (χ3n) is 2.37. The van der Waals surface area contributed by atoms with Crippen LogP contribution in [0.5, 0.6) is 0 Å². The molecule has 2 atom stereocenters. The lowest BCUT2D eigenvalue weighted by Crippen LogP contribution is -2.25. The summed E-state index contributed by atoms with van der Waals surface area (Å²) in [6.07, 6.45) is 3.13. The van der Waals surface area contributed by atoms with E-state index in [1.807, 2.05) is 0 Å². The molecule has 0 amide bonds. The van der Waals surface area contributed by atoms with Gasteiger partial charge in [0.15, 0.2) is 0 Å². The number of aromatic nitrogens is 2. The van der Waals surface area contributed by atoms with Crippen LogP contribution in [0.1, 0.15) is 19.3 Å². The summed E-state index contributed by atoms with van der Waals surface area (Å²) in [5, 5.41) is 3.32. The largest absolute Gasteiger partial charge is 0.349 e. The molecule has 0 bridgehead atoms. The molecule has 1 heterocycles. The number of halogens is 2. The van der Waals surface area contributed by atoms with E-state index in [1.165, 1.54) is 0 Å². The molecule has 0 aromatic carbocycles. The highest BCUT2D eigenvalue weighted by atomic mass is 35.5. The van der Waals surface area contributed by atoms with Gasteiger partial charge >= 0.3 is 0 Å². The Kier molecular flexibility index (Phi) is 2.82. The number of anilines is 1. The van der Waals surface area contributed by atoms with Crippen molar-refractivity contribution < 1.29 is 4.39 Å². The molecule has 1 N–H and O–H groups in total. The van der Waals surface area contributed by atoms with E-state index in [0.717, 1.165) is 12.8 Å². The number of rotatable bonds is 2.